The molecule has 32 heavy (non-hydrogen) atoms. The van der Waals surface area contributed by atoms with Gasteiger partial charge in [-0.3, -0.25) is 10.4 Å². The molecule has 0 spiro atoms. The van der Waals surface area contributed by atoms with Gasteiger partial charge in [-0.15, -0.1) is 0 Å². The third-order valence-corrected chi connectivity index (χ3v) is 5.76. The molecule has 0 saturated carbocycles. The summed E-state index contributed by atoms with van der Waals surface area (Å²) in [5.41, 5.74) is 6.80. The molecule has 1 fully saturated rings. The van der Waals surface area contributed by atoms with E-state index in [1.165, 1.54) is 0 Å². The molecule has 1 aromatic heterocycles. The summed E-state index contributed by atoms with van der Waals surface area (Å²) in [7, 11) is 1.63. The third kappa shape index (κ3) is 3.60. The number of aromatic nitrogens is 2. The number of hydrazine groups is 1. The summed E-state index contributed by atoms with van der Waals surface area (Å²) in [6.07, 6.45) is -1.72. The summed E-state index contributed by atoms with van der Waals surface area (Å²) in [5, 5.41) is 27.3. The van der Waals surface area contributed by atoms with Gasteiger partial charge in [0, 0.05) is 11.1 Å². The van der Waals surface area contributed by atoms with Gasteiger partial charge in [0.2, 0.25) is 0 Å². The number of rotatable bonds is 5. The van der Waals surface area contributed by atoms with Gasteiger partial charge in [0.1, 0.15) is 24.3 Å². The quantitative estimate of drug-likeness (QED) is 0.566. The minimum atomic E-state index is -1.09. The molecular weight excluding hydrogens is 410 g/mol. The Bertz CT molecular complexity index is 1120. The van der Waals surface area contributed by atoms with E-state index >= 15 is 0 Å². The maximum absolute atomic E-state index is 10.5. The highest BCUT2D eigenvalue weighted by molar-refractivity contribution is 5.74. The number of hydrogen-bond donors (Lipinski definition) is 3. The van der Waals surface area contributed by atoms with Crippen molar-refractivity contribution in [1.82, 2.24) is 14.8 Å². The summed E-state index contributed by atoms with van der Waals surface area (Å²) < 4.78 is 12.6. The first-order valence-corrected chi connectivity index (χ1v) is 10.4. The molecule has 9 nitrogen and oxygen atoms in total. The lowest BCUT2D eigenvalue weighted by Crippen LogP contribution is -2.31. The van der Waals surface area contributed by atoms with E-state index in [-0.39, 0.29) is 0 Å². The van der Waals surface area contributed by atoms with Crippen LogP contribution in [-0.2, 0) is 11.3 Å². The molecule has 2 aliphatic heterocycles. The zero-order valence-corrected chi connectivity index (χ0v) is 17.8. The first kappa shape index (κ1) is 20.5. The second-order valence-corrected chi connectivity index (χ2v) is 7.89. The van der Waals surface area contributed by atoms with E-state index in [9.17, 15) is 10.2 Å². The number of aliphatic hydroxyl groups is 2. The number of hydrogen-bond acceptors (Lipinski definition) is 8. The number of aliphatic imine (C=N–C) groups is 1. The van der Waals surface area contributed by atoms with Crippen LogP contribution >= 0.6 is 0 Å². The number of nitrogens with zero attached hydrogens (tertiary/aromatic N) is 4. The molecule has 2 aromatic carbocycles. The summed E-state index contributed by atoms with van der Waals surface area (Å²) in [6, 6.07) is 17.4. The highest BCUT2D eigenvalue weighted by Crippen LogP contribution is 2.39. The zero-order chi connectivity index (χ0) is 22.2. The van der Waals surface area contributed by atoms with Crippen LogP contribution in [0.5, 0.6) is 5.75 Å². The maximum Gasteiger partial charge on any atom is 0.181 e. The molecule has 3 aromatic rings. The largest absolute Gasteiger partial charge is 0.497 e. The smallest absolute Gasteiger partial charge is 0.181 e. The van der Waals surface area contributed by atoms with Gasteiger partial charge in [0.25, 0.3) is 0 Å². The Labute approximate surface area is 185 Å². The molecule has 5 rings (SSSR count). The SMILES string of the molecule is COc1ccc(NN2C=Nc3c(c(-c4ccccc4)nn3[C@@H]3O[C@H](C)[C@@H](O)[C@H]3O)C2)cc1. The highest BCUT2D eigenvalue weighted by Gasteiger charge is 2.43. The van der Waals surface area contributed by atoms with Crippen LogP contribution in [0.1, 0.15) is 18.7 Å². The van der Waals surface area contributed by atoms with Gasteiger partial charge in [-0.05, 0) is 31.2 Å². The topological polar surface area (TPSA) is 104 Å². The van der Waals surface area contributed by atoms with E-state index in [1.54, 1.807) is 25.1 Å². The molecule has 0 amide bonds. The van der Waals surface area contributed by atoms with Crippen molar-refractivity contribution in [2.45, 2.75) is 38.0 Å². The van der Waals surface area contributed by atoms with Gasteiger partial charge in [-0.1, -0.05) is 30.3 Å². The minimum Gasteiger partial charge on any atom is -0.497 e. The second-order valence-electron chi connectivity index (χ2n) is 7.89. The highest BCUT2D eigenvalue weighted by atomic mass is 16.6. The van der Waals surface area contributed by atoms with E-state index in [0.717, 1.165) is 28.3 Å². The summed E-state index contributed by atoms with van der Waals surface area (Å²) >= 11 is 0. The Hall–Kier alpha value is -3.40. The van der Waals surface area contributed by atoms with Crippen molar-refractivity contribution in [1.29, 1.82) is 0 Å². The third-order valence-electron chi connectivity index (χ3n) is 5.76. The molecule has 2 aliphatic rings. The van der Waals surface area contributed by atoms with Gasteiger partial charge >= 0.3 is 0 Å². The van der Waals surface area contributed by atoms with E-state index in [2.05, 4.69) is 10.4 Å². The molecule has 0 radical (unpaired) electrons. The van der Waals surface area contributed by atoms with Gasteiger partial charge in [0.15, 0.2) is 12.0 Å². The van der Waals surface area contributed by atoms with Crippen molar-refractivity contribution in [3.63, 3.8) is 0 Å². The van der Waals surface area contributed by atoms with Crippen LogP contribution in [0.3, 0.4) is 0 Å². The fourth-order valence-corrected chi connectivity index (χ4v) is 4.01. The molecule has 3 heterocycles. The molecule has 0 aliphatic carbocycles. The van der Waals surface area contributed by atoms with Crippen LogP contribution in [0, 0.1) is 0 Å². The second kappa shape index (κ2) is 8.27. The average molecular weight is 435 g/mol. The number of nitrogens with one attached hydrogen (secondary N) is 1. The lowest BCUT2D eigenvalue weighted by atomic mass is 10.1. The summed E-state index contributed by atoms with van der Waals surface area (Å²) in [5.74, 6) is 1.38. The van der Waals surface area contributed by atoms with Gasteiger partial charge in [-0.25, -0.2) is 9.67 Å². The summed E-state index contributed by atoms with van der Waals surface area (Å²) in [4.78, 5) is 4.62. The molecular formula is C23H25N5O4. The lowest BCUT2D eigenvalue weighted by molar-refractivity contribution is -0.0384. The van der Waals surface area contributed by atoms with Crippen molar-refractivity contribution in [2.24, 2.45) is 4.99 Å². The first-order valence-electron chi connectivity index (χ1n) is 10.4. The Balaban J connectivity index is 1.49. The van der Waals surface area contributed by atoms with Gasteiger partial charge < -0.3 is 19.7 Å². The molecule has 4 atom stereocenters. The van der Waals surface area contributed by atoms with Crippen molar-refractivity contribution >= 4 is 17.8 Å². The van der Waals surface area contributed by atoms with Crippen LogP contribution in [0.25, 0.3) is 11.3 Å². The first-order chi connectivity index (χ1) is 15.5. The van der Waals surface area contributed by atoms with Crippen LogP contribution in [0.4, 0.5) is 11.5 Å². The van der Waals surface area contributed by atoms with Gasteiger partial charge in [0.05, 0.1) is 31.1 Å². The van der Waals surface area contributed by atoms with Crippen LogP contribution in [0.2, 0.25) is 0 Å². The van der Waals surface area contributed by atoms with E-state index in [4.69, 9.17) is 14.6 Å². The zero-order valence-electron chi connectivity index (χ0n) is 17.8. The molecule has 166 valence electrons. The Morgan fingerprint density at radius 2 is 1.81 bits per heavy atom. The van der Waals surface area contributed by atoms with E-state index in [0.29, 0.717) is 12.4 Å². The number of anilines is 1. The van der Waals surface area contributed by atoms with Gasteiger partial charge in [-0.2, -0.15) is 5.10 Å². The maximum atomic E-state index is 10.5. The molecule has 1 saturated heterocycles. The number of fused-ring (bicyclic) bond motifs is 1. The predicted molar refractivity (Wildman–Crippen MR) is 120 cm³/mol. The van der Waals surface area contributed by atoms with Crippen LogP contribution in [-0.4, -0.2) is 56.8 Å². The minimum absolute atomic E-state index is 0.496. The van der Waals surface area contributed by atoms with Crippen LogP contribution in [0.15, 0.2) is 59.6 Å². The van der Waals surface area contributed by atoms with E-state index in [1.807, 2.05) is 59.6 Å². The normalized spacial score (nSPS) is 24.4. The van der Waals surface area contributed by atoms with Crippen molar-refractivity contribution < 1.29 is 19.7 Å². The Kier molecular flexibility index (Phi) is 5.30. The Morgan fingerprint density at radius 3 is 2.47 bits per heavy atom. The predicted octanol–water partition coefficient (Wildman–Crippen LogP) is 2.70. The lowest BCUT2D eigenvalue weighted by Gasteiger charge is -2.25. The molecule has 9 heteroatoms. The fourth-order valence-electron chi connectivity index (χ4n) is 4.01. The standard InChI is InChI=1S/C23H25N5O4/c1-14-20(29)21(30)23(32-14)28-22-18(19(26-28)15-6-4-3-5-7-15)12-27(13-24-22)25-16-8-10-17(31-2)11-9-16/h3-11,13-14,20-21,23,25,29-30H,12H2,1-2H3/t14-,20-,21-,23-/m1/s1. The molecule has 3 N–H and O–H groups in total. The van der Waals surface area contributed by atoms with Crippen molar-refractivity contribution in [2.75, 3.05) is 12.5 Å². The monoisotopic (exact) mass is 435 g/mol. The fraction of sp³-hybridized carbons (Fsp3) is 0.304. The van der Waals surface area contributed by atoms with E-state index < -0.39 is 24.5 Å². The molecule has 0 unspecified atom stereocenters. The van der Waals surface area contributed by atoms with Crippen LogP contribution < -0.4 is 10.2 Å². The number of aliphatic hydroxyl groups excluding tert-OH is 2. The van der Waals surface area contributed by atoms with Crippen molar-refractivity contribution in [3.8, 4) is 17.0 Å². The molecule has 0 bridgehead atoms. The Morgan fingerprint density at radius 1 is 1.06 bits per heavy atom. The average Bonchev–Trinajstić information content (AvgIpc) is 3.32. The summed E-state index contributed by atoms with van der Waals surface area (Å²) in [6.45, 7) is 2.22. The number of methoxy groups -OCH3 is 1. The van der Waals surface area contributed by atoms with Crippen molar-refractivity contribution in [3.05, 3.63) is 60.2 Å². The number of benzene rings is 2. The number of ether oxygens (including phenoxy) is 2.